The minimum absolute atomic E-state index is 0.00683. The summed E-state index contributed by atoms with van der Waals surface area (Å²) < 4.78 is 31.2. The van der Waals surface area contributed by atoms with Gasteiger partial charge < -0.3 is 19.7 Å². The van der Waals surface area contributed by atoms with Gasteiger partial charge in [-0.3, -0.25) is 19.4 Å². The number of aliphatic hydroxyl groups is 1. The Kier molecular flexibility index (Phi) is 7.49. The topological polar surface area (TPSA) is 141 Å². The van der Waals surface area contributed by atoms with Gasteiger partial charge in [0.15, 0.2) is 12.2 Å². The van der Waals surface area contributed by atoms with Crippen molar-refractivity contribution in [1.29, 1.82) is 0 Å². The Labute approximate surface area is 262 Å². The predicted octanol–water partition coefficient (Wildman–Crippen LogP) is 4.68. The van der Waals surface area contributed by atoms with E-state index in [1.807, 2.05) is 33.0 Å². The van der Waals surface area contributed by atoms with Crippen LogP contribution in [-0.2, 0) is 30.3 Å². The molecule has 4 aliphatic carbocycles. The highest BCUT2D eigenvalue weighted by Crippen LogP contribution is 2.72. The first-order valence-corrected chi connectivity index (χ1v) is 16.0. The van der Waals surface area contributed by atoms with Crippen molar-refractivity contribution in [2.45, 2.75) is 96.9 Å². The van der Waals surface area contributed by atoms with E-state index < -0.39 is 64.4 Å². The van der Waals surface area contributed by atoms with Crippen molar-refractivity contribution in [3.05, 3.63) is 41.5 Å². The lowest BCUT2D eigenvalue weighted by molar-refractivity contribution is -0.234. The van der Waals surface area contributed by atoms with Crippen LogP contribution in [0.4, 0.5) is 4.39 Å². The number of allylic oxidation sites excluding steroid dienone is 1. The van der Waals surface area contributed by atoms with Crippen LogP contribution in [0.1, 0.15) is 84.4 Å². The number of hydrogen-bond acceptors (Lipinski definition) is 9. The number of rotatable bonds is 7. The molecule has 8 atom stereocenters. The molecule has 0 unspecified atom stereocenters. The lowest BCUT2D eigenvalue weighted by atomic mass is 9.43. The van der Waals surface area contributed by atoms with Gasteiger partial charge in [0.05, 0.1) is 29.9 Å². The third-order valence-corrected chi connectivity index (χ3v) is 11.7. The fourth-order valence-corrected chi connectivity index (χ4v) is 9.52. The third kappa shape index (κ3) is 4.32. The Bertz CT molecular complexity index is 1590. The number of aromatic nitrogens is 3. The summed E-state index contributed by atoms with van der Waals surface area (Å²) in [6.07, 6.45) is 7.02. The minimum atomic E-state index is -2.03. The first-order valence-electron chi connectivity index (χ1n) is 16.0. The zero-order chi connectivity index (χ0) is 32.5. The molecule has 10 nitrogen and oxygen atoms in total. The molecule has 3 saturated carbocycles. The Morgan fingerprint density at radius 1 is 1.13 bits per heavy atom. The number of alkyl halides is 1. The quantitative estimate of drug-likeness (QED) is 0.421. The molecule has 0 aliphatic heterocycles. The summed E-state index contributed by atoms with van der Waals surface area (Å²) in [5.41, 5.74) is -2.85. The van der Waals surface area contributed by atoms with E-state index in [9.17, 15) is 24.6 Å². The summed E-state index contributed by atoms with van der Waals surface area (Å²) in [6.45, 7) is 8.28. The van der Waals surface area contributed by atoms with E-state index in [-0.39, 0.29) is 30.9 Å². The number of nitrogens with zero attached hydrogens (tertiary/aromatic N) is 3. The molecule has 3 fully saturated rings. The molecule has 0 spiro atoms. The maximum atomic E-state index is 18.2. The van der Waals surface area contributed by atoms with Crippen molar-refractivity contribution >= 4 is 23.8 Å². The molecule has 11 heteroatoms. The van der Waals surface area contributed by atoms with Gasteiger partial charge in [-0.2, -0.15) is 5.10 Å². The number of carbonyl (C=O) groups is 3. The van der Waals surface area contributed by atoms with E-state index >= 15 is 4.39 Å². The number of aliphatic hydroxyl groups excluding tert-OH is 1. The van der Waals surface area contributed by atoms with Crippen molar-refractivity contribution in [3.63, 3.8) is 0 Å². The first kappa shape index (κ1) is 31.4. The highest BCUT2D eigenvalue weighted by atomic mass is 19.1. The van der Waals surface area contributed by atoms with Crippen molar-refractivity contribution in [3.8, 4) is 11.4 Å². The summed E-state index contributed by atoms with van der Waals surface area (Å²) in [6, 6.07) is 1.55. The summed E-state index contributed by atoms with van der Waals surface area (Å²) in [5.74, 6) is -3.10. The van der Waals surface area contributed by atoms with Crippen LogP contribution in [0.3, 0.4) is 0 Å². The maximum Gasteiger partial charge on any atom is 0.306 e. The van der Waals surface area contributed by atoms with Gasteiger partial charge in [-0.1, -0.05) is 40.2 Å². The molecule has 2 aromatic heterocycles. The first-order chi connectivity index (χ1) is 21.2. The Morgan fingerprint density at radius 3 is 2.56 bits per heavy atom. The fourth-order valence-electron chi connectivity index (χ4n) is 9.52. The number of esters is 2. The SMILES string of the molecule is CCC(=O)OCC(=O)[C@@]1(OC(=O)CC)[C@@H](C)C[C@H]2[C@@H]3CCC4=Cc5nn(-c6cncc(O)c6)cc5C[C@]4(C)[C@@]3(F)[C@@H](O)C[C@@]21C. The van der Waals surface area contributed by atoms with E-state index in [1.54, 1.807) is 30.8 Å². The number of Topliss-reactive ketones (excluding diaryl/α,β-unsaturated/α-hetero) is 1. The normalized spacial score (nSPS) is 36.6. The fraction of sp³-hybridized carbons (Fsp3) is 0.618. The van der Waals surface area contributed by atoms with Crippen LogP contribution in [0.5, 0.6) is 5.75 Å². The van der Waals surface area contributed by atoms with E-state index in [2.05, 4.69) is 4.98 Å². The number of aromatic hydroxyl groups is 1. The number of fused-ring (bicyclic) bond motifs is 6. The van der Waals surface area contributed by atoms with E-state index in [0.29, 0.717) is 31.4 Å². The highest BCUT2D eigenvalue weighted by Gasteiger charge is 2.77. The van der Waals surface area contributed by atoms with E-state index in [0.717, 1.165) is 16.8 Å². The standard InChI is InChI=1S/C34H42FN3O7/c1-6-29(42)44-18-28(41)34(45-30(43)7-2)19(3)10-25-24-9-8-21-11-26-20(17-38(37-26)22-12-23(39)16-36-15-22)13-31(21,4)33(24,35)27(40)14-32(25,34)5/h11-12,15-17,19,24-25,27,39-40H,6-10,13-14,18H2,1-5H3/t19-,24-,25-,27-,31-,32-,33-,34-/m0/s1. The van der Waals surface area contributed by atoms with Gasteiger partial charge in [0, 0.05) is 47.8 Å². The number of ether oxygens (including phenoxy) is 2. The van der Waals surface area contributed by atoms with Crippen LogP contribution in [0.2, 0.25) is 0 Å². The molecule has 0 amide bonds. The van der Waals surface area contributed by atoms with Gasteiger partial charge in [-0.25, -0.2) is 9.07 Å². The van der Waals surface area contributed by atoms with E-state index in [1.165, 1.54) is 6.20 Å². The number of pyridine rings is 1. The van der Waals surface area contributed by atoms with E-state index in [4.69, 9.17) is 14.6 Å². The van der Waals surface area contributed by atoms with Gasteiger partial charge in [0.1, 0.15) is 11.4 Å². The van der Waals surface area contributed by atoms with Gasteiger partial charge in [0.25, 0.3) is 0 Å². The van der Waals surface area contributed by atoms with Crippen molar-refractivity contribution in [1.82, 2.24) is 14.8 Å². The average Bonchev–Trinajstić information content (AvgIpc) is 3.51. The molecule has 2 aromatic rings. The van der Waals surface area contributed by atoms with Crippen LogP contribution >= 0.6 is 0 Å². The number of hydrogen-bond donors (Lipinski definition) is 2. The number of carbonyl (C=O) groups excluding carboxylic acids is 3. The third-order valence-electron chi connectivity index (χ3n) is 11.7. The Morgan fingerprint density at radius 2 is 1.87 bits per heavy atom. The monoisotopic (exact) mass is 623 g/mol. The minimum Gasteiger partial charge on any atom is -0.506 e. The van der Waals surface area contributed by atoms with Crippen molar-refractivity contribution in [2.75, 3.05) is 6.61 Å². The second-order valence-electron chi connectivity index (χ2n) is 13.9. The highest BCUT2D eigenvalue weighted by molar-refractivity contribution is 5.93. The molecule has 0 aromatic carbocycles. The van der Waals surface area contributed by atoms with Crippen LogP contribution in [0.15, 0.2) is 30.2 Å². The average molecular weight is 624 g/mol. The molecule has 0 bridgehead atoms. The largest absolute Gasteiger partial charge is 0.506 e. The summed E-state index contributed by atoms with van der Waals surface area (Å²) in [7, 11) is 0. The zero-order valence-corrected chi connectivity index (χ0v) is 26.5. The molecule has 45 heavy (non-hydrogen) atoms. The smallest absolute Gasteiger partial charge is 0.306 e. The van der Waals surface area contributed by atoms with Gasteiger partial charge in [0.2, 0.25) is 5.78 Å². The van der Waals surface area contributed by atoms with Crippen LogP contribution in [0.25, 0.3) is 11.8 Å². The predicted molar refractivity (Wildman–Crippen MR) is 161 cm³/mol. The summed E-state index contributed by atoms with van der Waals surface area (Å²) in [4.78, 5) is 43.0. The Hall–Kier alpha value is -3.60. The van der Waals surface area contributed by atoms with Crippen molar-refractivity contribution in [2.24, 2.45) is 28.6 Å². The van der Waals surface area contributed by atoms with Crippen LogP contribution in [0, 0.1) is 28.6 Å². The van der Waals surface area contributed by atoms with Crippen LogP contribution in [-0.4, -0.2) is 66.7 Å². The molecule has 0 saturated heterocycles. The molecule has 0 radical (unpaired) electrons. The van der Waals surface area contributed by atoms with Crippen molar-refractivity contribution < 1.29 is 38.5 Å². The molecule has 242 valence electrons. The molecule has 2 N–H and O–H groups in total. The molecule has 2 heterocycles. The molecule has 4 aliphatic rings. The van der Waals surface area contributed by atoms with Gasteiger partial charge in [-0.15, -0.1) is 0 Å². The zero-order valence-electron chi connectivity index (χ0n) is 26.5. The van der Waals surface area contributed by atoms with Gasteiger partial charge >= 0.3 is 11.9 Å². The molecule has 6 rings (SSSR count). The molecular weight excluding hydrogens is 581 g/mol. The second-order valence-corrected chi connectivity index (χ2v) is 13.9. The second kappa shape index (κ2) is 10.7. The number of halogens is 1. The molecular formula is C34H42FN3O7. The lowest BCUT2D eigenvalue weighted by Crippen LogP contribution is -2.70. The summed E-state index contributed by atoms with van der Waals surface area (Å²) in [5, 5.41) is 26.6. The van der Waals surface area contributed by atoms with Crippen LogP contribution < -0.4 is 0 Å². The number of ketones is 1. The van der Waals surface area contributed by atoms with Gasteiger partial charge in [-0.05, 0) is 49.7 Å². The lowest BCUT2D eigenvalue weighted by Gasteiger charge is -2.63. The maximum absolute atomic E-state index is 18.2. The Balaban J connectivity index is 1.38. The summed E-state index contributed by atoms with van der Waals surface area (Å²) >= 11 is 0.